The van der Waals surface area contributed by atoms with Crippen LogP contribution >= 0.6 is 0 Å². The summed E-state index contributed by atoms with van der Waals surface area (Å²) < 4.78 is 12.3. The summed E-state index contributed by atoms with van der Waals surface area (Å²) in [5.41, 5.74) is 3.17. The van der Waals surface area contributed by atoms with Crippen LogP contribution in [-0.2, 0) is 4.74 Å². The Morgan fingerprint density at radius 2 is 1.74 bits per heavy atom. The van der Waals surface area contributed by atoms with Crippen molar-refractivity contribution in [2.24, 2.45) is 0 Å². The molecule has 0 unspecified atom stereocenters. The molecule has 0 aliphatic carbocycles. The number of carbonyl (C=O) groups is 2. The average Bonchev–Trinajstić information content (AvgIpc) is 3.04. The minimum absolute atomic E-state index is 0.219. The zero-order chi connectivity index (χ0) is 19.6. The fraction of sp³-hybridized carbons (Fsp3) is 0.273. The molecule has 0 saturated carbocycles. The Labute approximate surface area is 158 Å². The minimum atomic E-state index is -0.660. The van der Waals surface area contributed by atoms with Gasteiger partial charge in [-0.2, -0.15) is 0 Å². The van der Waals surface area contributed by atoms with Crippen molar-refractivity contribution in [2.45, 2.75) is 33.3 Å². The Morgan fingerprint density at radius 3 is 2.37 bits per heavy atom. The van der Waals surface area contributed by atoms with Crippen molar-refractivity contribution in [2.75, 3.05) is 7.11 Å². The van der Waals surface area contributed by atoms with E-state index in [1.165, 1.54) is 17.9 Å². The van der Waals surface area contributed by atoms with Crippen molar-refractivity contribution in [3.63, 3.8) is 0 Å². The van der Waals surface area contributed by atoms with Crippen LogP contribution in [0.4, 0.5) is 0 Å². The van der Waals surface area contributed by atoms with E-state index < -0.39 is 12.1 Å². The molecule has 0 amide bonds. The number of fused-ring (bicyclic) bond motifs is 1. The highest BCUT2D eigenvalue weighted by Crippen LogP contribution is 2.24. The first-order valence-electron chi connectivity index (χ1n) is 8.92. The molecule has 0 spiro atoms. The maximum Gasteiger partial charge on any atom is 0.340 e. The largest absolute Gasteiger partial charge is 0.481 e. The predicted octanol–water partition coefficient (Wildman–Crippen LogP) is 4.54. The van der Waals surface area contributed by atoms with Gasteiger partial charge in [0.2, 0.25) is 0 Å². The number of esters is 1. The molecule has 0 N–H and O–H groups in total. The highest BCUT2D eigenvalue weighted by Gasteiger charge is 2.25. The molecule has 1 heterocycles. The third-order valence-corrected chi connectivity index (χ3v) is 4.47. The lowest BCUT2D eigenvalue weighted by Crippen LogP contribution is -2.31. The maximum atomic E-state index is 13.2. The lowest BCUT2D eigenvalue weighted by Gasteiger charge is -2.18. The molecule has 140 valence electrons. The van der Waals surface area contributed by atoms with Gasteiger partial charge in [-0.25, -0.2) is 4.79 Å². The van der Waals surface area contributed by atoms with Gasteiger partial charge < -0.3 is 9.47 Å². The first-order chi connectivity index (χ1) is 12.9. The molecule has 27 heavy (non-hydrogen) atoms. The van der Waals surface area contributed by atoms with Gasteiger partial charge in [0.05, 0.1) is 18.2 Å². The fourth-order valence-electron chi connectivity index (χ4n) is 3.26. The van der Waals surface area contributed by atoms with E-state index >= 15 is 0 Å². The smallest absolute Gasteiger partial charge is 0.340 e. The van der Waals surface area contributed by atoms with Crippen LogP contribution in [0.2, 0.25) is 0 Å². The standard InChI is InChI=1S/C22H23NO4/c1-5-20(27-16-11-14(2)10-15(3)12-16)21(24)23-13-18(22(25)26-4)17-8-6-7-9-19(17)23/h6-13,20H,5H2,1-4H3/t20-/m0/s1. The van der Waals surface area contributed by atoms with Crippen LogP contribution in [0.3, 0.4) is 0 Å². The zero-order valence-electron chi connectivity index (χ0n) is 16.0. The second-order valence-corrected chi connectivity index (χ2v) is 6.60. The second-order valence-electron chi connectivity index (χ2n) is 6.60. The lowest BCUT2D eigenvalue weighted by molar-refractivity contribution is 0.0602. The molecule has 1 aromatic heterocycles. The molecule has 0 radical (unpaired) electrons. The van der Waals surface area contributed by atoms with Gasteiger partial charge in [-0.15, -0.1) is 0 Å². The van der Waals surface area contributed by atoms with Gasteiger partial charge in [-0.05, 0) is 49.6 Å². The predicted molar refractivity (Wildman–Crippen MR) is 105 cm³/mol. The number of hydrogen-bond donors (Lipinski definition) is 0. The Bertz CT molecular complexity index is 982. The van der Waals surface area contributed by atoms with Gasteiger partial charge in [0, 0.05) is 11.6 Å². The Kier molecular flexibility index (Phi) is 5.31. The van der Waals surface area contributed by atoms with Crippen LogP contribution < -0.4 is 4.74 Å². The molecule has 5 heteroatoms. The lowest BCUT2D eigenvalue weighted by atomic mass is 10.1. The summed E-state index contributed by atoms with van der Waals surface area (Å²) in [5.74, 6) is -0.0265. The number of rotatable bonds is 5. The summed E-state index contributed by atoms with van der Waals surface area (Å²) in [6, 6.07) is 13.1. The summed E-state index contributed by atoms with van der Waals surface area (Å²) >= 11 is 0. The molecule has 0 saturated heterocycles. The van der Waals surface area contributed by atoms with E-state index in [-0.39, 0.29) is 5.91 Å². The Morgan fingerprint density at radius 1 is 1.07 bits per heavy atom. The number of carbonyl (C=O) groups excluding carboxylic acids is 2. The number of nitrogens with zero attached hydrogens (tertiary/aromatic N) is 1. The van der Waals surface area contributed by atoms with E-state index in [1.807, 2.05) is 51.1 Å². The Hall–Kier alpha value is -3.08. The van der Waals surface area contributed by atoms with Crippen molar-refractivity contribution in [1.82, 2.24) is 4.57 Å². The van der Waals surface area contributed by atoms with Gasteiger partial charge >= 0.3 is 5.97 Å². The number of para-hydroxylation sites is 1. The van der Waals surface area contributed by atoms with E-state index in [1.54, 1.807) is 6.07 Å². The molecule has 0 bridgehead atoms. The van der Waals surface area contributed by atoms with Crippen molar-refractivity contribution in [1.29, 1.82) is 0 Å². The van der Waals surface area contributed by atoms with Crippen LogP contribution in [0, 0.1) is 13.8 Å². The summed E-state index contributed by atoms with van der Waals surface area (Å²) in [6.45, 7) is 5.88. The van der Waals surface area contributed by atoms with E-state index in [0.29, 0.717) is 28.6 Å². The second kappa shape index (κ2) is 7.66. The van der Waals surface area contributed by atoms with Gasteiger partial charge in [-0.1, -0.05) is 31.2 Å². The molecular formula is C22H23NO4. The van der Waals surface area contributed by atoms with Crippen LogP contribution in [0.25, 0.3) is 10.9 Å². The molecular weight excluding hydrogens is 342 g/mol. The number of benzene rings is 2. The summed E-state index contributed by atoms with van der Waals surface area (Å²) in [5, 5.41) is 0.680. The van der Waals surface area contributed by atoms with Gasteiger partial charge in [0.15, 0.2) is 6.10 Å². The monoisotopic (exact) mass is 365 g/mol. The molecule has 5 nitrogen and oxygen atoms in total. The SMILES string of the molecule is CC[C@H](Oc1cc(C)cc(C)c1)C(=O)n1cc(C(=O)OC)c2ccccc21. The molecule has 0 aliphatic heterocycles. The topological polar surface area (TPSA) is 57.5 Å². The molecule has 3 rings (SSSR count). The van der Waals surface area contributed by atoms with E-state index in [0.717, 1.165) is 11.1 Å². The van der Waals surface area contributed by atoms with Crippen LogP contribution in [0.5, 0.6) is 5.75 Å². The highest BCUT2D eigenvalue weighted by atomic mass is 16.5. The molecule has 0 aliphatic rings. The van der Waals surface area contributed by atoms with Crippen molar-refractivity contribution in [3.05, 3.63) is 65.4 Å². The highest BCUT2D eigenvalue weighted by molar-refractivity contribution is 6.07. The molecule has 2 aromatic carbocycles. The van der Waals surface area contributed by atoms with Crippen molar-refractivity contribution < 1.29 is 19.1 Å². The third kappa shape index (κ3) is 3.72. The van der Waals surface area contributed by atoms with Crippen LogP contribution in [0.1, 0.15) is 39.6 Å². The molecule has 0 fully saturated rings. The van der Waals surface area contributed by atoms with Gasteiger partial charge in [0.1, 0.15) is 5.75 Å². The summed E-state index contributed by atoms with van der Waals surface area (Å²) in [7, 11) is 1.33. The number of aryl methyl sites for hydroxylation is 2. The number of ether oxygens (including phenoxy) is 2. The quantitative estimate of drug-likeness (QED) is 0.623. The van der Waals surface area contributed by atoms with E-state index in [4.69, 9.17) is 9.47 Å². The first kappa shape index (κ1) is 18.7. The maximum absolute atomic E-state index is 13.2. The van der Waals surface area contributed by atoms with Crippen LogP contribution in [0.15, 0.2) is 48.7 Å². The number of methoxy groups -OCH3 is 1. The Balaban J connectivity index is 1.99. The minimum Gasteiger partial charge on any atom is -0.481 e. The third-order valence-electron chi connectivity index (χ3n) is 4.47. The summed E-state index contributed by atoms with van der Waals surface area (Å²) in [6.07, 6.45) is 1.38. The fourth-order valence-corrected chi connectivity index (χ4v) is 3.26. The average molecular weight is 365 g/mol. The van der Waals surface area contributed by atoms with Crippen molar-refractivity contribution >= 4 is 22.8 Å². The summed E-state index contributed by atoms with van der Waals surface area (Å²) in [4.78, 5) is 25.3. The zero-order valence-corrected chi connectivity index (χ0v) is 16.0. The van der Waals surface area contributed by atoms with Crippen molar-refractivity contribution in [3.8, 4) is 5.75 Å². The number of aromatic nitrogens is 1. The van der Waals surface area contributed by atoms with Gasteiger partial charge in [-0.3, -0.25) is 9.36 Å². The molecule has 3 aromatic rings. The number of hydrogen-bond acceptors (Lipinski definition) is 4. The van der Waals surface area contributed by atoms with E-state index in [9.17, 15) is 9.59 Å². The van der Waals surface area contributed by atoms with Crippen LogP contribution in [-0.4, -0.2) is 29.7 Å². The normalized spacial score (nSPS) is 12.0. The van der Waals surface area contributed by atoms with E-state index in [2.05, 4.69) is 6.07 Å². The molecule has 1 atom stereocenters. The van der Waals surface area contributed by atoms with Gasteiger partial charge in [0.25, 0.3) is 5.91 Å². The first-order valence-corrected chi connectivity index (χ1v) is 8.92.